The van der Waals surface area contributed by atoms with Crippen LogP contribution < -0.4 is 16.6 Å². The fourth-order valence-electron chi connectivity index (χ4n) is 3.71. The number of hydrogen-bond acceptors (Lipinski definition) is 6. The molecular weight excluding hydrogens is 462 g/mol. The van der Waals surface area contributed by atoms with Gasteiger partial charge < -0.3 is 15.0 Å². The molecule has 0 spiro atoms. The number of nitrogens with one attached hydrogen (secondary N) is 2. The first-order valence-electron chi connectivity index (χ1n) is 10.3. The van der Waals surface area contributed by atoms with E-state index in [-0.39, 0.29) is 17.8 Å². The maximum absolute atomic E-state index is 14.4. The molecule has 1 saturated heterocycles. The van der Waals surface area contributed by atoms with Gasteiger partial charge in [0, 0.05) is 25.7 Å². The molecule has 1 amide bonds. The molecule has 1 aliphatic rings. The summed E-state index contributed by atoms with van der Waals surface area (Å²) < 4.78 is 61.0. The van der Waals surface area contributed by atoms with Gasteiger partial charge in [-0.2, -0.15) is 0 Å². The fraction of sp³-hybridized carbons (Fsp3) is 0.333. The standard InChI is InChI=1S/C21H19F4N5O4/c22-11-7-13(24)15(26-8-11)9-27-19(31)16(10-29-3-5-34-6-4-29)30-20(32)17-14(28-21(30)33)2-1-12(23)18(17)25/h1-2,7-8,16H,3-6,9-10H2,(H,27,31)(H,28,33). The number of benzene rings is 1. The minimum Gasteiger partial charge on any atom is -0.379 e. The number of carbonyl (C=O) groups excluding carboxylic acids is 1. The Morgan fingerprint density at radius 2 is 1.88 bits per heavy atom. The van der Waals surface area contributed by atoms with Gasteiger partial charge in [0.05, 0.1) is 37.2 Å². The van der Waals surface area contributed by atoms with Crippen molar-refractivity contribution in [3.05, 3.63) is 74.2 Å². The summed E-state index contributed by atoms with van der Waals surface area (Å²) >= 11 is 0. The van der Waals surface area contributed by atoms with Crippen LogP contribution in [-0.4, -0.2) is 58.2 Å². The third kappa shape index (κ3) is 4.70. The first-order chi connectivity index (χ1) is 16.3. The van der Waals surface area contributed by atoms with Gasteiger partial charge in [-0.15, -0.1) is 0 Å². The molecular formula is C21H19F4N5O4. The summed E-state index contributed by atoms with van der Waals surface area (Å²) in [7, 11) is 0. The number of aromatic amines is 1. The summed E-state index contributed by atoms with van der Waals surface area (Å²) in [6.45, 7) is 0.875. The zero-order valence-electron chi connectivity index (χ0n) is 17.6. The van der Waals surface area contributed by atoms with Crippen LogP contribution in [0.15, 0.2) is 34.0 Å². The number of morpholine rings is 1. The lowest BCUT2D eigenvalue weighted by molar-refractivity contribution is -0.125. The summed E-state index contributed by atoms with van der Waals surface area (Å²) in [6, 6.07) is 0.917. The Labute approximate surface area is 189 Å². The second kappa shape index (κ2) is 9.73. The van der Waals surface area contributed by atoms with Gasteiger partial charge in [-0.25, -0.2) is 26.9 Å². The average Bonchev–Trinajstić information content (AvgIpc) is 2.80. The van der Waals surface area contributed by atoms with Crippen LogP contribution in [-0.2, 0) is 16.1 Å². The van der Waals surface area contributed by atoms with Gasteiger partial charge in [0.1, 0.15) is 23.1 Å². The fourth-order valence-corrected chi connectivity index (χ4v) is 3.71. The molecule has 1 atom stereocenters. The maximum Gasteiger partial charge on any atom is 0.329 e. The van der Waals surface area contributed by atoms with Gasteiger partial charge in [-0.3, -0.25) is 19.5 Å². The van der Waals surface area contributed by atoms with Crippen molar-refractivity contribution in [3.8, 4) is 0 Å². The monoisotopic (exact) mass is 481 g/mol. The Morgan fingerprint density at radius 3 is 2.59 bits per heavy atom. The van der Waals surface area contributed by atoms with E-state index >= 15 is 0 Å². The number of pyridine rings is 1. The van der Waals surface area contributed by atoms with Crippen LogP contribution in [0.1, 0.15) is 11.7 Å². The molecule has 2 N–H and O–H groups in total. The van der Waals surface area contributed by atoms with Gasteiger partial charge in [0.2, 0.25) is 5.91 Å². The minimum absolute atomic E-state index is 0.139. The molecule has 1 aromatic carbocycles. The first kappa shape index (κ1) is 23.6. The molecule has 1 aliphatic heterocycles. The number of fused-ring (bicyclic) bond motifs is 1. The highest BCUT2D eigenvalue weighted by molar-refractivity contribution is 5.82. The Bertz CT molecular complexity index is 1350. The number of ether oxygens (including phenoxy) is 1. The normalized spacial score (nSPS) is 15.4. The van der Waals surface area contributed by atoms with Gasteiger partial charge >= 0.3 is 5.69 Å². The lowest BCUT2D eigenvalue weighted by atomic mass is 10.2. The lowest BCUT2D eigenvalue weighted by Gasteiger charge is -2.30. The number of amides is 1. The molecule has 34 heavy (non-hydrogen) atoms. The van der Waals surface area contributed by atoms with Gasteiger partial charge in [-0.05, 0) is 12.1 Å². The van der Waals surface area contributed by atoms with Crippen molar-refractivity contribution >= 4 is 16.8 Å². The quantitative estimate of drug-likeness (QED) is 0.505. The Hall–Kier alpha value is -3.58. The number of aromatic nitrogens is 3. The maximum atomic E-state index is 14.4. The van der Waals surface area contributed by atoms with E-state index in [0.717, 1.165) is 18.3 Å². The molecule has 180 valence electrons. The van der Waals surface area contributed by atoms with Crippen molar-refractivity contribution in [2.24, 2.45) is 0 Å². The minimum atomic E-state index is -1.48. The van der Waals surface area contributed by atoms with E-state index in [1.807, 2.05) is 0 Å². The SMILES string of the molecule is O=C(NCc1ncc(F)cc1F)C(CN1CCOCC1)n1c(=O)[nH]c2ccc(F)c(F)c2c1=O. The molecule has 0 radical (unpaired) electrons. The van der Waals surface area contributed by atoms with Gasteiger partial charge in [0.15, 0.2) is 11.6 Å². The summed E-state index contributed by atoms with van der Waals surface area (Å²) in [6.07, 6.45) is 0.769. The van der Waals surface area contributed by atoms with E-state index in [9.17, 15) is 31.9 Å². The predicted octanol–water partition coefficient (Wildman–Crippen LogP) is 0.831. The van der Waals surface area contributed by atoms with Crippen molar-refractivity contribution in [2.75, 3.05) is 32.8 Å². The predicted molar refractivity (Wildman–Crippen MR) is 111 cm³/mol. The smallest absolute Gasteiger partial charge is 0.329 e. The summed E-state index contributed by atoms with van der Waals surface area (Å²) in [5, 5.41) is 1.66. The van der Waals surface area contributed by atoms with E-state index < -0.39 is 58.4 Å². The topological polar surface area (TPSA) is 109 Å². The van der Waals surface area contributed by atoms with Crippen LogP contribution in [0.4, 0.5) is 17.6 Å². The van der Waals surface area contributed by atoms with Crippen LogP contribution in [0, 0.1) is 23.3 Å². The number of H-pyrrole nitrogens is 1. The Kier molecular flexibility index (Phi) is 6.75. The molecule has 0 aliphatic carbocycles. The Morgan fingerprint density at radius 1 is 1.15 bits per heavy atom. The second-order valence-corrected chi connectivity index (χ2v) is 7.62. The number of rotatable bonds is 6. The van der Waals surface area contributed by atoms with Crippen LogP contribution in [0.3, 0.4) is 0 Å². The van der Waals surface area contributed by atoms with Crippen molar-refractivity contribution in [1.82, 2.24) is 24.8 Å². The highest BCUT2D eigenvalue weighted by Gasteiger charge is 2.29. The molecule has 13 heteroatoms. The summed E-state index contributed by atoms with van der Waals surface area (Å²) in [5.74, 6) is -5.53. The van der Waals surface area contributed by atoms with E-state index in [4.69, 9.17) is 4.74 Å². The zero-order valence-corrected chi connectivity index (χ0v) is 17.6. The van der Waals surface area contributed by atoms with Crippen molar-refractivity contribution in [2.45, 2.75) is 12.6 Å². The molecule has 4 rings (SSSR count). The average molecular weight is 481 g/mol. The van der Waals surface area contributed by atoms with Crippen LogP contribution >= 0.6 is 0 Å². The number of nitrogens with zero attached hydrogens (tertiary/aromatic N) is 3. The first-order valence-corrected chi connectivity index (χ1v) is 10.3. The largest absolute Gasteiger partial charge is 0.379 e. The molecule has 3 heterocycles. The molecule has 2 aromatic heterocycles. The summed E-state index contributed by atoms with van der Waals surface area (Å²) in [5.41, 5.74) is -2.71. The highest BCUT2D eigenvalue weighted by atomic mass is 19.2. The molecule has 0 bridgehead atoms. The molecule has 9 nitrogen and oxygen atoms in total. The number of carbonyl (C=O) groups is 1. The molecule has 1 fully saturated rings. The van der Waals surface area contributed by atoms with Gasteiger partial charge in [-0.1, -0.05) is 0 Å². The number of hydrogen-bond donors (Lipinski definition) is 2. The van der Waals surface area contributed by atoms with Crippen LogP contribution in [0.5, 0.6) is 0 Å². The zero-order chi connectivity index (χ0) is 24.4. The molecule has 1 unspecified atom stereocenters. The third-order valence-corrected chi connectivity index (χ3v) is 5.45. The molecule has 3 aromatic rings. The van der Waals surface area contributed by atoms with Crippen LogP contribution in [0.2, 0.25) is 0 Å². The van der Waals surface area contributed by atoms with E-state index in [0.29, 0.717) is 36.9 Å². The highest BCUT2D eigenvalue weighted by Crippen LogP contribution is 2.16. The second-order valence-electron chi connectivity index (χ2n) is 7.62. The Balaban J connectivity index is 1.73. The van der Waals surface area contributed by atoms with Crippen LogP contribution in [0.25, 0.3) is 10.9 Å². The summed E-state index contributed by atoms with van der Waals surface area (Å²) in [4.78, 5) is 46.5. The van der Waals surface area contributed by atoms with E-state index in [2.05, 4.69) is 15.3 Å². The van der Waals surface area contributed by atoms with E-state index in [1.165, 1.54) is 0 Å². The lowest BCUT2D eigenvalue weighted by Crippen LogP contribution is -2.50. The molecule has 0 saturated carbocycles. The number of halogens is 4. The third-order valence-electron chi connectivity index (χ3n) is 5.45. The van der Waals surface area contributed by atoms with Crippen molar-refractivity contribution in [1.29, 1.82) is 0 Å². The van der Waals surface area contributed by atoms with Gasteiger partial charge in [0.25, 0.3) is 5.56 Å². The van der Waals surface area contributed by atoms with Crippen molar-refractivity contribution in [3.63, 3.8) is 0 Å². The van der Waals surface area contributed by atoms with E-state index in [1.54, 1.807) is 4.90 Å². The van der Waals surface area contributed by atoms with Crippen molar-refractivity contribution < 1.29 is 27.1 Å².